The summed E-state index contributed by atoms with van der Waals surface area (Å²) in [6, 6.07) is 30.1. The zero-order valence-electron chi connectivity index (χ0n) is 33.3. The van der Waals surface area contributed by atoms with Gasteiger partial charge in [0, 0.05) is 18.9 Å². The van der Waals surface area contributed by atoms with Crippen molar-refractivity contribution >= 4 is 14.3 Å². The lowest BCUT2D eigenvalue weighted by molar-refractivity contribution is -0.322. The van der Waals surface area contributed by atoms with Crippen LogP contribution in [0.3, 0.4) is 0 Å². The van der Waals surface area contributed by atoms with Crippen LogP contribution in [0.4, 0.5) is 0 Å². The molecule has 1 fully saturated rings. The maximum atomic E-state index is 12.3. The van der Waals surface area contributed by atoms with Gasteiger partial charge in [0.25, 0.3) is 0 Å². The van der Waals surface area contributed by atoms with E-state index in [-0.39, 0.29) is 30.6 Å². The molecule has 0 bridgehead atoms. The number of ether oxygens (including phenoxy) is 3. The minimum absolute atomic E-state index is 0.0327. The Bertz CT molecular complexity index is 1540. The van der Waals surface area contributed by atoms with E-state index in [1.165, 1.54) is 7.11 Å². The third-order valence-corrected chi connectivity index (χ3v) is 16.1. The normalized spacial score (nSPS) is 22.2. The molecule has 2 unspecified atom stereocenters. The van der Waals surface area contributed by atoms with Crippen molar-refractivity contribution < 1.29 is 38.8 Å². The smallest absolute Gasteiger partial charge is 0.311 e. The predicted octanol–water partition coefficient (Wildman–Crippen LogP) is 8.71. The van der Waals surface area contributed by atoms with Gasteiger partial charge in [-0.15, -0.1) is 0 Å². The lowest BCUT2D eigenvalue weighted by Crippen LogP contribution is -2.60. The summed E-state index contributed by atoms with van der Waals surface area (Å²) in [5, 5.41) is 33.3. The summed E-state index contributed by atoms with van der Waals surface area (Å²) in [5.74, 6) is -3.44. The summed E-state index contributed by atoms with van der Waals surface area (Å²) in [5.41, 5.74) is 1.79. The molecule has 0 aliphatic carbocycles. The summed E-state index contributed by atoms with van der Waals surface area (Å²) in [6.07, 6.45) is -0.0147. The van der Waals surface area contributed by atoms with Crippen molar-refractivity contribution in [3.63, 3.8) is 0 Å². The number of carboxylic acid groups (broad SMARTS) is 1. The number of carboxylic acids is 1. The van der Waals surface area contributed by atoms with E-state index < -0.39 is 55.3 Å². The zero-order chi connectivity index (χ0) is 39.2. The molecule has 3 N–H and O–H groups in total. The number of methoxy groups -OCH3 is 1. The fraction of sp³-hybridized carbons (Fsp3) is 0.523. The minimum atomic E-state index is -2.25. The molecule has 1 heterocycles. The molecule has 1 aliphatic heterocycles. The van der Waals surface area contributed by atoms with Crippen LogP contribution < -0.4 is 0 Å². The Balaban J connectivity index is 1.57. The second-order valence-electron chi connectivity index (χ2n) is 16.8. The number of hydrogen-bond acceptors (Lipinski definition) is 7. The van der Waals surface area contributed by atoms with Gasteiger partial charge < -0.3 is 34.0 Å². The first-order valence-corrected chi connectivity index (χ1v) is 21.7. The molecule has 3 aromatic carbocycles. The van der Waals surface area contributed by atoms with Gasteiger partial charge in [-0.25, -0.2) is 0 Å². The molecule has 290 valence electrons. The maximum absolute atomic E-state index is 12.3. The van der Waals surface area contributed by atoms with Crippen LogP contribution in [0.15, 0.2) is 103 Å². The second kappa shape index (κ2) is 17.1. The van der Waals surface area contributed by atoms with Crippen LogP contribution in [-0.2, 0) is 29.0 Å². The Morgan fingerprint density at radius 1 is 0.906 bits per heavy atom. The highest BCUT2D eigenvalue weighted by atomic mass is 28.4. The second-order valence-corrected chi connectivity index (χ2v) is 21.6. The number of aliphatic hydroxyl groups is 2. The van der Waals surface area contributed by atoms with Crippen LogP contribution in [0.2, 0.25) is 18.1 Å². The first-order valence-electron chi connectivity index (χ1n) is 18.8. The summed E-state index contributed by atoms with van der Waals surface area (Å²) < 4.78 is 26.2. The van der Waals surface area contributed by atoms with Crippen LogP contribution >= 0.6 is 0 Å². The predicted molar refractivity (Wildman–Crippen MR) is 212 cm³/mol. The molecule has 1 saturated heterocycles. The number of aliphatic hydroxyl groups excluding tert-OH is 2. The lowest BCUT2D eigenvalue weighted by Gasteiger charge is -2.52. The van der Waals surface area contributed by atoms with E-state index in [0.717, 1.165) is 22.3 Å². The summed E-state index contributed by atoms with van der Waals surface area (Å²) >= 11 is 0. The van der Waals surface area contributed by atoms with Crippen molar-refractivity contribution in [1.29, 1.82) is 0 Å². The maximum Gasteiger partial charge on any atom is 0.311 e. The highest BCUT2D eigenvalue weighted by molar-refractivity contribution is 6.74. The number of aliphatic carboxylic acids is 1. The fourth-order valence-electron chi connectivity index (χ4n) is 7.05. The van der Waals surface area contributed by atoms with Gasteiger partial charge in [0.1, 0.15) is 11.5 Å². The molecule has 6 atom stereocenters. The van der Waals surface area contributed by atoms with E-state index in [2.05, 4.69) is 33.9 Å². The van der Waals surface area contributed by atoms with Crippen molar-refractivity contribution in [2.24, 2.45) is 11.3 Å². The van der Waals surface area contributed by atoms with E-state index in [0.29, 0.717) is 6.42 Å². The first-order chi connectivity index (χ1) is 24.8. The molecule has 0 radical (unpaired) electrons. The van der Waals surface area contributed by atoms with Gasteiger partial charge in [0.05, 0.1) is 31.0 Å². The van der Waals surface area contributed by atoms with E-state index in [1.807, 2.05) is 112 Å². The molecular weight excluding hydrogens is 685 g/mol. The van der Waals surface area contributed by atoms with E-state index in [4.69, 9.17) is 18.6 Å². The Hall–Kier alpha value is -3.15. The van der Waals surface area contributed by atoms with Crippen molar-refractivity contribution in [3.05, 3.63) is 119 Å². The molecule has 1 aliphatic rings. The summed E-state index contributed by atoms with van der Waals surface area (Å²) in [4.78, 5) is 12.3. The van der Waals surface area contributed by atoms with Crippen LogP contribution in [0.5, 0.6) is 0 Å². The highest BCUT2D eigenvalue weighted by Crippen LogP contribution is 2.47. The number of rotatable bonds is 16. The number of hydrogen-bond donors (Lipinski definition) is 3. The van der Waals surface area contributed by atoms with E-state index in [1.54, 1.807) is 13.0 Å². The van der Waals surface area contributed by atoms with E-state index >= 15 is 0 Å². The average molecular weight is 747 g/mol. The van der Waals surface area contributed by atoms with Crippen molar-refractivity contribution in [2.45, 2.75) is 122 Å². The Morgan fingerprint density at radius 2 is 1.38 bits per heavy atom. The Morgan fingerprint density at radius 3 is 1.79 bits per heavy atom. The third-order valence-electron chi connectivity index (χ3n) is 11.6. The quantitative estimate of drug-likeness (QED) is 0.0758. The molecule has 0 amide bonds. The van der Waals surface area contributed by atoms with Crippen LogP contribution in [0.1, 0.15) is 84.4 Å². The zero-order valence-corrected chi connectivity index (χ0v) is 34.3. The molecule has 0 saturated carbocycles. The minimum Gasteiger partial charge on any atom is -0.481 e. The van der Waals surface area contributed by atoms with Gasteiger partial charge >= 0.3 is 5.97 Å². The van der Waals surface area contributed by atoms with Gasteiger partial charge in [0.15, 0.2) is 14.1 Å². The monoisotopic (exact) mass is 746 g/mol. The number of benzene rings is 3. The molecule has 8 nitrogen and oxygen atoms in total. The molecule has 53 heavy (non-hydrogen) atoms. The SMILES string of the molecule is CO[C@@]1(C(C)C(=O)O)C[C@H](O[Si](C)(C)C(C)(C)C)C[C@H](C(C)(C)C(O)/C=C(\C)C[C@@H](O)COC(c2ccccc2)(c2ccccc2)c2ccccc2)O1. The molecule has 4 rings (SSSR count). The van der Waals surface area contributed by atoms with Crippen LogP contribution in [0.25, 0.3) is 0 Å². The van der Waals surface area contributed by atoms with Gasteiger partial charge in [-0.1, -0.05) is 137 Å². The largest absolute Gasteiger partial charge is 0.481 e. The van der Waals surface area contributed by atoms with Crippen molar-refractivity contribution in [2.75, 3.05) is 13.7 Å². The standard InChI is InChI=1S/C44H62O8Si/c1-31(26-36(45)30-50-44(33-20-14-11-15-21-33,34-22-16-12-17-23-34)35-24-18-13-19-25-35)27-38(46)42(6,7)39-28-37(52-53(9,10)41(3,4)5)29-43(49-8,51-39)32(2)40(47)48/h11-25,27,32,36-39,45-46H,26,28-30H2,1-10H3,(H,47,48)/b31-27+/t32?,36-,37-,38?,39-,43+/m1/s1. The highest BCUT2D eigenvalue weighted by Gasteiger charge is 2.54. The van der Waals surface area contributed by atoms with Crippen molar-refractivity contribution in [3.8, 4) is 0 Å². The molecule has 0 aromatic heterocycles. The van der Waals surface area contributed by atoms with Crippen LogP contribution in [0, 0.1) is 11.3 Å². The molecule has 0 spiro atoms. The lowest BCUT2D eigenvalue weighted by atomic mass is 9.74. The molecular formula is C44H62O8Si. The summed E-state index contributed by atoms with van der Waals surface area (Å²) in [7, 11) is -0.773. The third kappa shape index (κ3) is 9.57. The van der Waals surface area contributed by atoms with Gasteiger partial charge in [-0.2, -0.15) is 0 Å². The molecule has 3 aromatic rings. The Labute approximate surface area is 318 Å². The summed E-state index contributed by atoms with van der Waals surface area (Å²) in [6.45, 7) is 18.2. The van der Waals surface area contributed by atoms with Gasteiger partial charge in [-0.3, -0.25) is 4.79 Å². The topological polar surface area (TPSA) is 115 Å². The van der Waals surface area contributed by atoms with Crippen LogP contribution in [-0.4, -0.2) is 73.5 Å². The van der Waals surface area contributed by atoms with E-state index in [9.17, 15) is 20.1 Å². The number of carbonyl (C=O) groups is 1. The first kappa shape index (κ1) is 42.6. The molecule has 9 heteroatoms. The Kier molecular flexibility index (Phi) is 13.7. The van der Waals surface area contributed by atoms with Crippen molar-refractivity contribution in [1.82, 2.24) is 0 Å². The van der Waals surface area contributed by atoms with Gasteiger partial charge in [0.2, 0.25) is 0 Å². The average Bonchev–Trinajstić information content (AvgIpc) is 3.12. The fourth-order valence-corrected chi connectivity index (χ4v) is 8.42. The van der Waals surface area contributed by atoms with Gasteiger partial charge in [-0.05, 0) is 61.5 Å².